The van der Waals surface area contributed by atoms with Gasteiger partial charge in [-0.3, -0.25) is 4.79 Å². The summed E-state index contributed by atoms with van der Waals surface area (Å²) in [6.45, 7) is 2.19. The Bertz CT molecular complexity index is 210. The highest BCUT2D eigenvalue weighted by Crippen LogP contribution is 2.29. The lowest BCUT2D eigenvalue weighted by molar-refractivity contribution is -0.144. The third-order valence-electron chi connectivity index (χ3n) is 3.42. The van der Waals surface area contributed by atoms with E-state index in [1.807, 2.05) is 0 Å². The van der Waals surface area contributed by atoms with Crippen molar-refractivity contribution < 1.29 is 9.90 Å². The van der Waals surface area contributed by atoms with Gasteiger partial charge in [0.15, 0.2) is 0 Å². The Hall–Kier alpha value is -0.280. The number of carboxylic acids is 1. The van der Waals surface area contributed by atoms with Crippen LogP contribution in [0, 0.1) is 5.92 Å². The predicted molar refractivity (Wildman–Crippen MR) is 56.8 cm³/mol. The van der Waals surface area contributed by atoms with E-state index in [2.05, 4.69) is 4.90 Å². The van der Waals surface area contributed by atoms with Crippen molar-refractivity contribution in [3.8, 4) is 0 Å². The van der Waals surface area contributed by atoms with Crippen LogP contribution in [0.3, 0.4) is 0 Å². The lowest BCUT2D eigenvalue weighted by atomic mass is 9.86. The van der Waals surface area contributed by atoms with Crippen LogP contribution < -0.4 is 0 Å². The van der Waals surface area contributed by atoms with E-state index < -0.39 is 5.97 Å². The maximum atomic E-state index is 10.8. The van der Waals surface area contributed by atoms with Crippen LogP contribution in [0.5, 0.6) is 0 Å². The van der Waals surface area contributed by atoms with Gasteiger partial charge in [-0.1, -0.05) is 6.42 Å². The Balaban J connectivity index is 0.000000980. The van der Waals surface area contributed by atoms with E-state index in [1.165, 1.54) is 25.8 Å². The van der Waals surface area contributed by atoms with Gasteiger partial charge in [-0.2, -0.15) is 0 Å². The molecule has 14 heavy (non-hydrogen) atoms. The summed E-state index contributed by atoms with van der Waals surface area (Å²) in [5, 5.41) is 8.91. The zero-order valence-corrected chi connectivity index (χ0v) is 9.13. The number of piperidine rings is 2. The average molecular weight is 220 g/mol. The maximum Gasteiger partial charge on any atom is 0.306 e. The van der Waals surface area contributed by atoms with E-state index >= 15 is 0 Å². The van der Waals surface area contributed by atoms with Gasteiger partial charge < -0.3 is 10.0 Å². The number of halogens is 1. The van der Waals surface area contributed by atoms with Gasteiger partial charge in [-0.05, 0) is 38.8 Å². The Morgan fingerprint density at radius 2 is 2.00 bits per heavy atom. The topological polar surface area (TPSA) is 40.5 Å². The first kappa shape index (κ1) is 11.8. The number of hydrogen-bond donors (Lipinski definition) is 1. The van der Waals surface area contributed by atoms with Gasteiger partial charge in [0.2, 0.25) is 0 Å². The molecule has 0 spiro atoms. The Morgan fingerprint density at radius 1 is 1.21 bits per heavy atom. The van der Waals surface area contributed by atoms with Crippen molar-refractivity contribution in [3.05, 3.63) is 0 Å². The van der Waals surface area contributed by atoms with Crippen LogP contribution in [-0.2, 0) is 4.79 Å². The van der Waals surface area contributed by atoms with Crippen LogP contribution in [0.1, 0.15) is 32.1 Å². The number of hydrogen-bond acceptors (Lipinski definition) is 2. The molecule has 1 N–H and O–H groups in total. The zero-order chi connectivity index (χ0) is 9.26. The van der Waals surface area contributed by atoms with Crippen molar-refractivity contribution in [2.75, 3.05) is 13.1 Å². The van der Waals surface area contributed by atoms with Crippen molar-refractivity contribution in [1.82, 2.24) is 4.90 Å². The molecule has 2 heterocycles. The SMILES string of the molecule is Cl.O=C(O)[C@H]1CCN2CCCC[C@H]2C1. The molecule has 0 bridgehead atoms. The van der Waals surface area contributed by atoms with Crippen LogP contribution >= 0.6 is 12.4 Å². The molecule has 0 unspecified atom stereocenters. The molecule has 2 aliphatic rings. The third kappa shape index (κ3) is 2.39. The summed E-state index contributed by atoms with van der Waals surface area (Å²) in [5.74, 6) is -0.662. The van der Waals surface area contributed by atoms with E-state index in [0.717, 1.165) is 19.4 Å². The number of carbonyl (C=O) groups is 1. The molecule has 0 aromatic heterocycles. The second-order valence-electron chi connectivity index (χ2n) is 4.25. The standard InChI is InChI=1S/C10H17NO2.ClH/c12-10(13)8-4-6-11-5-2-1-3-9(11)7-8;/h8-9H,1-7H2,(H,12,13);1H/t8-,9-;/m0./s1. The number of nitrogens with zero attached hydrogens (tertiary/aromatic N) is 1. The van der Waals surface area contributed by atoms with E-state index in [-0.39, 0.29) is 18.3 Å². The van der Waals surface area contributed by atoms with Gasteiger partial charge in [-0.25, -0.2) is 0 Å². The average Bonchev–Trinajstić information content (AvgIpc) is 2.17. The molecule has 0 saturated carbocycles. The fourth-order valence-corrected chi connectivity index (χ4v) is 2.61. The summed E-state index contributed by atoms with van der Waals surface area (Å²) in [4.78, 5) is 13.3. The molecule has 82 valence electrons. The molecule has 0 radical (unpaired) electrons. The van der Waals surface area contributed by atoms with E-state index in [0.29, 0.717) is 6.04 Å². The highest BCUT2D eigenvalue weighted by atomic mass is 35.5. The van der Waals surface area contributed by atoms with Crippen LogP contribution in [0.15, 0.2) is 0 Å². The molecule has 0 amide bonds. The molecule has 2 fully saturated rings. The number of aliphatic carboxylic acids is 1. The van der Waals surface area contributed by atoms with Gasteiger partial charge in [0.05, 0.1) is 5.92 Å². The van der Waals surface area contributed by atoms with Crippen molar-refractivity contribution in [2.24, 2.45) is 5.92 Å². The summed E-state index contributed by atoms with van der Waals surface area (Å²) in [5.41, 5.74) is 0. The molecule has 4 heteroatoms. The normalized spacial score (nSPS) is 32.9. The van der Waals surface area contributed by atoms with Gasteiger partial charge in [-0.15, -0.1) is 12.4 Å². The highest BCUT2D eigenvalue weighted by molar-refractivity contribution is 5.85. The van der Waals surface area contributed by atoms with Crippen LogP contribution in [-0.4, -0.2) is 35.1 Å². The summed E-state index contributed by atoms with van der Waals surface area (Å²) in [6.07, 6.45) is 5.53. The summed E-state index contributed by atoms with van der Waals surface area (Å²) in [6, 6.07) is 0.573. The molecule has 0 aromatic carbocycles. The number of carboxylic acid groups (broad SMARTS) is 1. The summed E-state index contributed by atoms with van der Waals surface area (Å²) < 4.78 is 0. The Labute approximate surface area is 90.9 Å². The lowest BCUT2D eigenvalue weighted by Crippen LogP contribution is -2.46. The molecule has 2 aliphatic heterocycles. The number of fused-ring (bicyclic) bond motifs is 1. The largest absolute Gasteiger partial charge is 0.481 e. The predicted octanol–water partition coefficient (Wildman–Crippen LogP) is 1.76. The van der Waals surface area contributed by atoms with Crippen LogP contribution in [0.2, 0.25) is 0 Å². The fraction of sp³-hybridized carbons (Fsp3) is 0.900. The maximum absolute atomic E-state index is 10.8. The van der Waals surface area contributed by atoms with Crippen molar-refractivity contribution >= 4 is 18.4 Å². The lowest BCUT2D eigenvalue weighted by Gasteiger charge is -2.41. The third-order valence-corrected chi connectivity index (χ3v) is 3.42. The van der Waals surface area contributed by atoms with Crippen molar-refractivity contribution in [3.63, 3.8) is 0 Å². The highest BCUT2D eigenvalue weighted by Gasteiger charge is 2.32. The van der Waals surface area contributed by atoms with Crippen molar-refractivity contribution in [1.29, 1.82) is 0 Å². The second-order valence-corrected chi connectivity index (χ2v) is 4.25. The van der Waals surface area contributed by atoms with Crippen LogP contribution in [0.25, 0.3) is 0 Å². The molecule has 2 atom stereocenters. The minimum absolute atomic E-state index is 0. The van der Waals surface area contributed by atoms with Gasteiger partial charge >= 0.3 is 5.97 Å². The van der Waals surface area contributed by atoms with E-state index in [1.54, 1.807) is 0 Å². The van der Waals surface area contributed by atoms with Crippen molar-refractivity contribution in [2.45, 2.75) is 38.1 Å². The molecular weight excluding hydrogens is 202 g/mol. The molecule has 0 aromatic rings. The molecule has 2 rings (SSSR count). The number of rotatable bonds is 1. The minimum atomic E-state index is -0.592. The zero-order valence-electron chi connectivity index (χ0n) is 8.32. The molecular formula is C10H18ClNO2. The Kier molecular flexibility index (Phi) is 4.20. The quantitative estimate of drug-likeness (QED) is 0.731. The van der Waals surface area contributed by atoms with E-state index in [9.17, 15) is 4.79 Å². The molecule has 0 aliphatic carbocycles. The first-order valence-corrected chi connectivity index (χ1v) is 5.24. The van der Waals surface area contributed by atoms with Gasteiger partial charge in [0, 0.05) is 6.04 Å². The second kappa shape index (κ2) is 4.99. The van der Waals surface area contributed by atoms with Crippen LogP contribution in [0.4, 0.5) is 0 Å². The van der Waals surface area contributed by atoms with Gasteiger partial charge in [0.1, 0.15) is 0 Å². The van der Waals surface area contributed by atoms with Gasteiger partial charge in [0.25, 0.3) is 0 Å². The first-order valence-electron chi connectivity index (χ1n) is 5.24. The summed E-state index contributed by atoms with van der Waals surface area (Å²) in [7, 11) is 0. The smallest absolute Gasteiger partial charge is 0.306 e. The first-order chi connectivity index (χ1) is 6.27. The Morgan fingerprint density at radius 3 is 2.71 bits per heavy atom. The fourth-order valence-electron chi connectivity index (χ4n) is 2.61. The summed E-state index contributed by atoms with van der Waals surface area (Å²) >= 11 is 0. The van der Waals surface area contributed by atoms with E-state index in [4.69, 9.17) is 5.11 Å². The monoisotopic (exact) mass is 219 g/mol. The minimum Gasteiger partial charge on any atom is -0.481 e. The molecule has 3 nitrogen and oxygen atoms in total. The molecule has 2 saturated heterocycles.